The smallest absolute Gasteiger partial charge is 0.410 e. The predicted octanol–water partition coefficient (Wildman–Crippen LogP) is 2.94. The topological polar surface area (TPSA) is 66.0 Å². The summed E-state index contributed by atoms with van der Waals surface area (Å²) in [7, 11) is 0. The minimum Gasteiger partial charge on any atom is -0.447 e. The molecule has 7 nitrogen and oxygen atoms in total. The third-order valence-corrected chi connectivity index (χ3v) is 6.47. The van der Waals surface area contributed by atoms with Crippen molar-refractivity contribution in [1.82, 2.24) is 14.8 Å². The van der Waals surface area contributed by atoms with Crippen LogP contribution < -0.4 is 4.90 Å². The van der Waals surface area contributed by atoms with E-state index in [2.05, 4.69) is 35.9 Å². The Kier molecular flexibility index (Phi) is 6.30. The summed E-state index contributed by atoms with van der Waals surface area (Å²) < 4.78 is 5.08. The van der Waals surface area contributed by atoms with Crippen LogP contribution >= 0.6 is 0 Å². The second-order valence-corrected chi connectivity index (χ2v) is 8.68. The van der Waals surface area contributed by atoms with Crippen LogP contribution in [0.4, 0.5) is 10.6 Å². The van der Waals surface area contributed by atoms with Crippen molar-refractivity contribution in [2.75, 3.05) is 44.2 Å². The lowest BCUT2D eigenvalue weighted by Gasteiger charge is -2.37. The highest BCUT2D eigenvalue weighted by Crippen LogP contribution is 2.24. The standard InChI is InChI=1S/C24H32N4O3/c1-4-19-13-17(2)22(25-14-19)26-9-11-27(12-10-26)23(29)21-7-5-20(6-8-21)15-28-18(3)16-31-24(28)30/h5-7,13-14,18,21H,4,8-12,15-16H2,1-3H3/t18-,21?/m1/s1. The number of nitrogens with zero attached hydrogens (tertiary/aromatic N) is 4. The van der Waals surface area contributed by atoms with Gasteiger partial charge >= 0.3 is 6.09 Å². The number of hydrogen-bond acceptors (Lipinski definition) is 5. The molecule has 2 atom stereocenters. The van der Waals surface area contributed by atoms with Crippen molar-refractivity contribution in [2.24, 2.45) is 5.92 Å². The van der Waals surface area contributed by atoms with E-state index in [1.54, 1.807) is 4.90 Å². The molecule has 31 heavy (non-hydrogen) atoms. The van der Waals surface area contributed by atoms with Gasteiger partial charge in [-0.15, -0.1) is 0 Å². The van der Waals surface area contributed by atoms with Gasteiger partial charge in [-0.1, -0.05) is 31.2 Å². The third-order valence-electron chi connectivity index (χ3n) is 6.47. The molecule has 0 spiro atoms. The fourth-order valence-corrected chi connectivity index (χ4v) is 4.45. The highest BCUT2D eigenvalue weighted by molar-refractivity contribution is 5.81. The molecule has 1 aromatic rings. The van der Waals surface area contributed by atoms with Gasteiger partial charge in [0, 0.05) is 38.9 Å². The Balaban J connectivity index is 1.29. The van der Waals surface area contributed by atoms with E-state index in [1.807, 2.05) is 30.2 Å². The highest BCUT2D eigenvalue weighted by Gasteiger charge is 2.31. The summed E-state index contributed by atoms with van der Waals surface area (Å²) in [5.41, 5.74) is 3.52. The molecule has 2 fully saturated rings. The lowest BCUT2D eigenvalue weighted by molar-refractivity contribution is -0.134. The highest BCUT2D eigenvalue weighted by atomic mass is 16.6. The molecule has 0 saturated carbocycles. The molecule has 7 heteroatoms. The first-order valence-corrected chi connectivity index (χ1v) is 11.3. The number of pyridine rings is 1. The zero-order chi connectivity index (χ0) is 22.0. The van der Waals surface area contributed by atoms with Gasteiger partial charge in [0.15, 0.2) is 0 Å². The Morgan fingerprint density at radius 2 is 2.03 bits per heavy atom. The fraction of sp³-hybridized carbons (Fsp3) is 0.542. The van der Waals surface area contributed by atoms with Gasteiger partial charge in [-0.25, -0.2) is 9.78 Å². The van der Waals surface area contributed by atoms with Crippen LogP contribution in [0.5, 0.6) is 0 Å². The van der Waals surface area contributed by atoms with Crippen molar-refractivity contribution in [1.29, 1.82) is 0 Å². The summed E-state index contributed by atoms with van der Waals surface area (Å²) in [6, 6.07) is 2.30. The molecule has 2 amide bonds. The van der Waals surface area contributed by atoms with Gasteiger partial charge in [0.2, 0.25) is 5.91 Å². The number of ether oxygens (including phenoxy) is 1. The van der Waals surface area contributed by atoms with Gasteiger partial charge in [-0.2, -0.15) is 0 Å². The predicted molar refractivity (Wildman–Crippen MR) is 120 cm³/mol. The van der Waals surface area contributed by atoms with E-state index in [0.717, 1.165) is 30.9 Å². The van der Waals surface area contributed by atoms with Gasteiger partial charge < -0.3 is 14.5 Å². The molecule has 3 heterocycles. The van der Waals surface area contributed by atoms with Gasteiger partial charge in [0.25, 0.3) is 0 Å². The number of aromatic nitrogens is 1. The Morgan fingerprint density at radius 1 is 1.26 bits per heavy atom. The lowest BCUT2D eigenvalue weighted by atomic mass is 9.94. The minimum atomic E-state index is -0.257. The number of cyclic esters (lactones) is 1. The maximum Gasteiger partial charge on any atom is 0.410 e. The summed E-state index contributed by atoms with van der Waals surface area (Å²) >= 11 is 0. The van der Waals surface area contributed by atoms with E-state index in [9.17, 15) is 9.59 Å². The van der Waals surface area contributed by atoms with Crippen molar-refractivity contribution in [2.45, 2.75) is 39.7 Å². The summed E-state index contributed by atoms with van der Waals surface area (Å²) in [5, 5.41) is 0. The molecule has 0 N–H and O–H groups in total. The van der Waals surface area contributed by atoms with Crippen molar-refractivity contribution in [3.05, 3.63) is 47.2 Å². The first kappa shape index (κ1) is 21.4. The quantitative estimate of drug-likeness (QED) is 0.727. The molecule has 2 aliphatic heterocycles. The molecular formula is C24H32N4O3. The Labute approximate surface area is 184 Å². The summed E-state index contributed by atoms with van der Waals surface area (Å²) in [5.74, 6) is 1.09. The van der Waals surface area contributed by atoms with E-state index >= 15 is 0 Å². The van der Waals surface area contributed by atoms with Crippen molar-refractivity contribution < 1.29 is 14.3 Å². The average molecular weight is 425 g/mol. The second kappa shape index (κ2) is 9.12. The normalized spacial score (nSPS) is 23.8. The van der Waals surface area contributed by atoms with Gasteiger partial charge in [-0.05, 0) is 43.4 Å². The number of carbonyl (C=O) groups excluding carboxylic acids is 2. The number of carbonyl (C=O) groups is 2. The molecule has 2 saturated heterocycles. The summed E-state index contributed by atoms with van der Waals surface area (Å²) in [6.45, 7) is 10.3. The molecule has 0 radical (unpaired) electrons. The van der Waals surface area contributed by atoms with Gasteiger partial charge in [0.05, 0.1) is 12.0 Å². The van der Waals surface area contributed by atoms with Crippen LogP contribution in [0.2, 0.25) is 0 Å². The number of allylic oxidation sites excluding steroid dienone is 1. The number of hydrogen-bond donors (Lipinski definition) is 0. The lowest BCUT2D eigenvalue weighted by Crippen LogP contribution is -2.50. The van der Waals surface area contributed by atoms with Crippen molar-refractivity contribution in [3.63, 3.8) is 0 Å². The number of aryl methyl sites for hydroxylation is 2. The molecular weight excluding hydrogens is 392 g/mol. The van der Waals surface area contributed by atoms with E-state index in [1.165, 1.54) is 11.1 Å². The first-order chi connectivity index (χ1) is 15.0. The summed E-state index contributed by atoms with van der Waals surface area (Å²) in [6.07, 6.45) is 9.43. The Bertz CT molecular complexity index is 902. The van der Waals surface area contributed by atoms with Crippen LogP contribution in [-0.2, 0) is 16.0 Å². The van der Waals surface area contributed by atoms with Gasteiger partial charge in [0.1, 0.15) is 12.4 Å². The average Bonchev–Trinajstić information content (AvgIpc) is 3.11. The van der Waals surface area contributed by atoms with E-state index in [-0.39, 0.29) is 24.0 Å². The van der Waals surface area contributed by atoms with Gasteiger partial charge in [-0.3, -0.25) is 9.69 Å². The zero-order valence-electron chi connectivity index (χ0n) is 18.7. The molecule has 0 aromatic carbocycles. The number of piperazine rings is 1. The minimum absolute atomic E-state index is 0.0914. The Hall–Kier alpha value is -2.83. The van der Waals surface area contributed by atoms with Crippen LogP contribution in [0.15, 0.2) is 36.1 Å². The van der Waals surface area contributed by atoms with Crippen LogP contribution in [0.1, 0.15) is 31.4 Å². The maximum atomic E-state index is 13.0. The van der Waals surface area contributed by atoms with Crippen LogP contribution in [0.3, 0.4) is 0 Å². The number of amides is 2. The van der Waals surface area contributed by atoms with Crippen LogP contribution in [0, 0.1) is 12.8 Å². The van der Waals surface area contributed by atoms with E-state index < -0.39 is 0 Å². The van der Waals surface area contributed by atoms with Crippen molar-refractivity contribution in [3.8, 4) is 0 Å². The zero-order valence-corrected chi connectivity index (χ0v) is 18.7. The number of anilines is 1. The molecule has 1 aromatic heterocycles. The molecule has 1 aliphatic carbocycles. The maximum absolute atomic E-state index is 13.0. The third kappa shape index (κ3) is 4.60. The van der Waals surface area contributed by atoms with E-state index in [0.29, 0.717) is 32.7 Å². The monoisotopic (exact) mass is 424 g/mol. The SMILES string of the molecule is CCc1cnc(N2CCN(C(=O)C3C=CC(CN4C(=O)OC[C@H]4C)=CC3)CC2)c(C)c1. The second-order valence-electron chi connectivity index (χ2n) is 8.68. The molecule has 4 rings (SSSR count). The molecule has 1 unspecified atom stereocenters. The summed E-state index contributed by atoms with van der Waals surface area (Å²) in [4.78, 5) is 35.5. The van der Waals surface area contributed by atoms with E-state index in [4.69, 9.17) is 4.74 Å². The molecule has 0 bridgehead atoms. The molecule has 166 valence electrons. The largest absolute Gasteiger partial charge is 0.447 e. The number of rotatable bonds is 5. The fourth-order valence-electron chi connectivity index (χ4n) is 4.45. The van der Waals surface area contributed by atoms with Crippen LogP contribution in [0.25, 0.3) is 0 Å². The van der Waals surface area contributed by atoms with Crippen LogP contribution in [-0.4, -0.2) is 72.2 Å². The Morgan fingerprint density at radius 3 is 2.61 bits per heavy atom. The molecule has 3 aliphatic rings. The first-order valence-electron chi connectivity index (χ1n) is 11.3. The van der Waals surface area contributed by atoms with Crippen molar-refractivity contribution >= 4 is 17.8 Å².